The third kappa shape index (κ3) is 2.88. The van der Waals surface area contributed by atoms with Gasteiger partial charge in [0.2, 0.25) is 0 Å². The Hall–Kier alpha value is -1.42. The van der Waals surface area contributed by atoms with Gasteiger partial charge in [0.05, 0.1) is 0 Å². The summed E-state index contributed by atoms with van der Waals surface area (Å²) < 4.78 is 13.9. The molecule has 3 nitrogen and oxygen atoms in total. The maximum Gasteiger partial charge on any atom is 0.128 e. The molecule has 0 amide bonds. The Kier molecular flexibility index (Phi) is 3.97. The number of halogens is 1. The zero-order chi connectivity index (χ0) is 13.1. The largest absolute Gasteiger partial charge is 0.384 e. The van der Waals surface area contributed by atoms with Crippen molar-refractivity contribution in [3.8, 4) is 0 Å². The molecule has 1 aromatic carbocycles. The van der Waals surface area contributed by atoms with Gasteiger partial charge in [0.15, 0.2) is 0 Å². The van der Waals surface area contributed by atoms with Crippen LogP contribution in [0.2, 0.25) is 0 Å². The van der Waals surface area contributed by atoms with E-state index < -0.39 is 0 Å². The standard InChI is InChI=1S/C14H20FN3/c1-10-4-2-3-7-18(10)9-12-6-5-11(14(16)17)8-13(12)15/h5-6,8,10H,2-4,7,9H2,1H3,(H3,16,17). The molecule has 0 spiro atoms. The van der Waals surface area contributed by atoms with Crippen LogP contribution in [0, 0.1) is 11.2 Å². The Morgan fingerprint density at radius 3 is 2.89 bits per heavy atom. The minimum Gasteiger partial charge on any atom is -0.384 e. The topological polar surface area (TPSA) is 53.1 Å². The van der Waals surface area contributed by atoms with Crippen molar-refractivity contribution in [3.63, 3.8) is 0 Å². The number of benzene rings is 1. The summed E-state index contributed by atoms with van der Waals surface area (Å²) in [5.74, 6) is -0.354. The van der Waals surface area contributed by atoms with Crippen LogP contribution >= 0.6 is 0 Å². The van der Waals surface area contributed by atoms with Crippen LogP contribution in [0.4, 0.5) is 4.39 Å². The van der Waals surface area contributed by atoms with Crippen LogP contribution in [0.5, 0.6) is 0 Å². The van der Waals surface area contributed by atoms with E-state index >= 15 is 0 Å². The Labute approximate surface area is 107 Å². The highest BCUT2D eigenvalue weighted by Crippen LogP contribution is 2.20. The van der Waals surface area contributed by atoms with Crippen molar-refractivity contribution in [1.29, 1.82) is 5.41 Å². The summed E-state index contributed by atoms with van der Waals surface area (Å²) in [5, 5.41) is 7.29. The summed E-state index contributed by atoms with van der Waals surface area (Å²) in [7, 11) is 0. The van der Waals surface area contributed by atoms with Crippen molar-refractivity contribution in [2.45, 2.75) is 38.8 Å². The molecule has 0 bridgehead atoms. The second kappa shape index (κ2) is 5.48. The van der Waals surface area contributed by atoms with Crippen molar-refractivity contribution >= 4 is 5.84 Å². The van der Waals surface area contributed by atoms with Gasteiger partial charge in [-0.2, -0.15) is 0 Å². The minimum atomic E-state index is -0.263. The Morgan fingerprint density at radius 2 is 2.28 bits per heavy atom. The molecule has 1 atom stereocenters. The van der Waals surface area contributed by atoms with E-state index in [2.05, 4.69) is 11.8 Å². The molecular weight excluding hydrogens is 229 g/mol. The van der Waals surface area contributed by atoms with Crippen LogP contribution in [0.15, 0.2) is 18.2 Å². The van der Waals surface area contributed by atoms with Crippen LogP contribution < -0.4 is 5.73 Å². The first-order valence-electron chi connectivity index (χ1n) is 6.45. The Bertz CT molecular complexity index is 445. The summed E-state index contributed by atoms with van der Waals surface area (Å²) >= 11 is 0. The zero-order valence-corrected chi connectivity index (χ0v) is 10.7. The first-order chi connectivity index (χ1) is 8.58. The van der Waals surface area contributed by atoms with E-state index in [0.717, 1.165) is 6.54 Å². The number of nitrogen functional groups attached to an aromatic ring is 1. The quantitative estimate of drug-likeness (QED) is 0.638. The zero-order valence-electron chi connectivity index (χ0n) is 10.7. The second-order valence-electron chi connectivity index (χ2n) is 5.04. The Morgan fingerprint density at radius 1 is 1.50 bits per heavy atom. The van der Waals surface area contributed by atoms with Crippen LogP contribution in [-0.2, 0) is 6.54 Å². The van der Waals surface area contributed by atoms with E-state index in [0.29, 0.717) is 23.7 Å². The lowest BCUT2D eigenvalue weighted by Crippen LogP contribution is -2.37. The highest BCUT2D eigenvalue weighted by molar-refractivity contribution is 5.94. The number of nitrogens with zero attached hydrogens (tertiary/aromatic N) is 1. The predicted octanol–water partition coefficient (Wildman–Crippen LogP) is 2.48. The van der Waals surface area contributed by atoms with Gasteiger partial charge in [-0.1, -0.05) is 18.6 Å². The van der Waals surface area contributed by atoms with E-state index in [1.165, 1.54) is 25.3 Å². The molecule has 1 unspecified atom stereocenters. The molecule has 1 aliphatic heterocycles. The molecule has 4 heteroatoms. The smallest absolute Gasteiger partial charge is 0.128 e. The molecule has 18 heavy (non-hydrogen) atoms. The van der Waals surface area contributed by atoms with E-state index in [1.54, 1.807) is 12.1 Å². The molecule has 0 aliphatic carbocycles. The lowest BCUT2D eigenvalue weighted by atomic mass is 10.0. The van der Waals surface area contributed by atoms with E-state index in [-0.39, 0.29) is 11.7 Å². The lowest BCUT2D eigenvalue weighted by molar-refractivity contribution is 0.151. The molecule has 2 rings (SSSR count). The molecule has 1 saturated heterocycles. The van der Waals surface area contributed by atoms with Gasteiger partial charge in [-0.3, -0.25) is 10.3 Å². The third-order valence-corrected chi connectivity index (χ3v) is 3.68. The molecular formula is C14H20FN3. The monoisotopic (exact) mass is 249 g/mol. The fourth-order valence-corrected chi connectivity index (χ4v) is 2.45. The summed E-state index contributed by atoms with van der Waals surface area (Å²) in [5.41, 5.74) is 6.48. The molecule has 1 fully saturated rings. The van der Waals surface area contributed by atoms with Gasteiger partial charge in [-0.05, 0) is 32.4 Å². The number of hydrogen-bond donors (Lipinski definition) is 2. The maximum atomic E-state index is 13.9. The third-order valence-electron chi connectivity index (χ3n) is 3.68. The number of nitrogens with two attached hydrogens (primary N) is 1. The number of amidine groups is 1. The molecule has 1 heterocycles. The molecule has 0 saturated carbocycles. The van der Waals surface area contributed by atoms with Crippen LogP contribution in [-0.4, -0.2) is 23.3 Å². The van der Waals surface area contributed by atoms with E-state index in [9.17, 15) is 4.39 Å². The predicted molar refractivity (Wildman–Crippen MR) is 71.1 cm³/mol. The molecule has 98 valence electrons. The van der Waals surface area contributed by atoms with E-state index in [4.69, 9.17) is 11.1 Å². The summed E-state index contributed by atoms with van der Waals surface area (Å²) in [6.45, 7) is 3.88. The number of likely N-dealkylation sites (tertiary alicyclic amines) is 1. The van der Waals surface area contributed by atoms with Crippen molar-refractivity contribution < 1.29 is 4.39 Å². The lowest BCUT2D eigenvalue weighted by Gasteiger charge is -2.33. The number of hydrogen-bond acceptors (Lipinski definition) is 2. The summed E-state index contributed by atoms with van der Waals surface area (Å²) in [6, 6.07) is 5.33. The molecule has 0 radical (unpaired) electrons. The maximum absolute atomic E-state index is 13.9. The van der Waals surface area contributed by atoms with Gasteiger partial charge in [0.1, 0.15) is 11.7 Å². The van der Waals surface area contributed by atoms with Crippen LogP contribution in [0.1, 0.15) is 37.3 Å². The minimum absolute atomic E-state index is 0.0909. The fraction of sp³-hybridized carbons (Fsp3) is 0.500. The van der Waals surface area contributed by atoms with Crippen molar-refractivity contribution in [1.82, 2.24) is 4.90 Å². The first kappa shape index (κ1) is 13.0. The molecule has 1 aromatic rings. The number of rotatable bonds is 3. The molecule has 0 aromatic heterocycles. The normalized spacial score (nSPS) is 20.9. The SMILES string of the molecule is CC1CCCCN1Cc1ccc(C(=N)N)cc1F. The number of piperidine rings is 1. The van der Waals surface area contributed by atoms with Crippen molar-refractivity contribution in [3.05, 3.63) is 35.1 Å². The second-order valence-corrected chi connectivity index (χ2v) is 5.04. The average Bonchev–Trinajstić information content (AvgIpc) is 2.34. The van der Waals surface area contributed by atoms with Crippen molar-refractivity contribution in [2.24, 2.45) is 5.73 Å². The Balaban J connectivity index is 2.11. The number of nitrogens with one attached hydrogen (secondary N) is 1. The van der Waals surface area contributed by atoms with Gasteiger partial charge < -0.3 is 5.73 Å². The van der Waals surface area contributed by atoms with Crippen LogP contribution in [0.3, 0.4) is 0 Å². The van der Waals surface area contributed by atoms with Crippen molar-refractivity contribution in [2.75, 3.05) is 6.54 Å². The van der Waals surface area contributed by atoms with Gasteiger partial charge in [-0.25, -0.2) is 4.39 Å². The first-order valence-corrected chi connectivity index (χ1v) is 6.45. The average molecular weight is 249 g/mol. The molecule has 3 N–H and O–H groups in total. The fourth-order valence-electron chi connectivity index (χ4n) is 2.45. The van der Waals surface area contributed by atoms with E-state index in [1.807, 2.05) is 0 Å². The van der Waals surface area contributed by atoms with Gasteiger partial charge in [0.25, 0.3) is 0 Å². The van der Waals surface area contributed by atoms with Gasteiger partial charge in [0, 0.05) is 23.7 Å². The molecule has 1 aliphatic rings. The highest BCUT2D eigenvalue weighted by atomic mass is 19.1. The highest BCUT2D eigenvalue weighted by Gasteiger charge is 2.19. The summed E-state index contributed by atoms with van der Waals surface area (Å²) in [4.78, 5) is 2.31. The van der Waals surface area contributed by atoms with Gasteiger partial charge in [-0.15, -0.1) is 0 Å². The summed E-state index contributed by atoms with van der Waals surface area (Å²) in [6.07, 6.45) is 3.65. The van der Waals surface area contributed by atoms with Gasteiger partial charge >= 0.3 is 0 Å². The van der Waals surface area contributed by atoms with Crippen LogP contribution in [0.25, 0.3) is 0 Å².